The third-order valence-electron chi connectivity index (χ3n) is 6.59. The molecule has 9 heteroatoms. The Hall–Kier alpha value is -4.40. The van der Waals surface area contributed by atoms with E-state index in [1.54, 1.807) is 17.0 Å². The highest BCUT2D eigenvalue weighted by Crippen LogP contribution is 2.31. The number of carbonyl (C=O) groups is 3. The Balaban J connectivity index is 1.23. The zero-order chi connectivity index (χ0) is 27.8. The molecule has 0 bridgehead atoms. The second-order valence-corrected chi connectivity index (χ2v) is 9.29. The molecule has 0 aliphatic carbocycles. The van der Waals surface area contributed by atoms with Crippen LogP contribution < -0.4 is 10.6 Å². The van der Waals surface area contributed by atoms with E-state index in [1.165, 1.54) is 24.3 Å². The number of anilines is 1. The zero-order valence-electron chi connectivity index (χ0n) is 21.1. The lowest BCUT2D eigenvalue weighted by Gasteiger charge is -2.32. The number of amides is 3. The van der Waals surface area contributed by atoms with Crippen molar-refractivity contribution in [3.05, 3.63) is 113 Å². The van der Waals surface area contributed by atoms with E-state index in [1.807, 2.05) is 42.5 Å². The maximum absolute atomic E-state index is 12.8. The summed E-state index contributed by atoms with van der Waals surface area (Å²) in [6, 6.07) is 21.2. The molecule has 3 aromatic carbocycles. The lowest BCUT2D eigenvalue weighted by atomic mass is 9.89. The van der Waals surface area contributed by atoms with E-state index in [9.17, 15) is 27.6 Å². The second-order valence-electron chi connectivity index (χ2n) is 9.29. The van der Waals surface area contributed by atoms with Crippen molar-refractivity contribution >= 4 is 23.4 Å². The van der Waals surface area contributed by atoms with Crippen LogP contribution >= 0.6 is 0 Å². The number of carbonyl (C=O) groups excluding carboxylic acids is 3. The first kappa shape index (κ1) is 27.6. The zero-order valence-corrected chi connectivity index (χ0v) is 21.1. The van der Waals surface area contributed by atoms with Crippen molar-refractivity contribution in [1.29, 1.82) is 0 Å². The minimum Gasteiger partial charge on any atom is -0.348 e. The number of halogens is 3. The molecule has 1 heterocycles. The van der Waals surface area contributed by atoms with E-state index in [2.05, 4.69) is 10.6 Å². The number of hydrogen-bond donors (Lipinski definition) is 2. The Morgan fingerprint density at radius 2 is 1.44 bits per heavy atom. The third kappa shape index (κ3) is 7.80. The monoisotopic (exact) mass is 535 g/mol. The summed E-state index contributed by atoms with van der Waals surface area (Å²) in [4.78, 5) is 38.5. The first-order valence-corrected chi connectivity index (χ1v) is 12.6. The van der Waals surface area contributed by atoms with Crippen LogP contribution in [0.4, 0.5) is 18.9 Å². The molecule has 39 heavy (non-hydrogen) atoms. The van der Waals surface area contributed by atoms with E-state index in [-0.39, 0.29) is 23.3 Å². The Labute approximate surface area is 224 Å². The van der Waals surface area contributed by atoms with Gasteiger partial charge >= 0.3 is 6.18 Å². The fourth-order valence-electron chi connectivity index (χ4n) is 4.42. The Kier molecular flexibility index (Phi) is 8.81. The predicted molar refractivity (Wildman–Crippen MR) is 142 cm³/mol. The Bertz CT molecular complexity index is 1310. The molecular formula is C30H28F3N3O3. The minimum absolute atomic E-state index is 0.222. The summed E-state index contributed by atoms with van der Waals surface area (Å²) in [5.74, 6) is -0.846. The SMILES string of the molecule is O=C(/C=C/C(=O)Nc1ccc(C2CCN(C(=O)c3ccc(C(F)(F)F)cc3)CC2)cc1)NCc1ccccc1. The maximum atomic E-state index is 12.8. The molecule has 6 nitrogen and oxygen atoms in total. The fraction of sp³-hybridized carbons (Fsp3) is 0.233. The Morgan fingerprint density at radius 1 is 0.821 bits per heavy atom. The van der Waals surface area contributed by atoms with Crippen LogP contribution in [-0.4, -0.2) is 35.7 Å². The average Bonchev–Trinajstić information content (AvgIpc) is 2.95. The number of benzene rings is 3. The first-order valence-electron chi connectivity index (χ1n) is 12.6. The number of piperidine rings is 1. The van der Waals surface area contributed by atoms with Gasteiger partial charge < -0.3 is 15.5 Å². The molecule has 1 fully saturated rings. The van der Waals surface area contributed by atoms with Crippen molar-refractivity contribution in [3.63, 3.8) is 0 Å². The van der Waals surface area contributed by atoms with Crippen LogP contribution in [0.3, 0.4) is 0 Å². The topological polar surface area (TPSA) is 78.5 Å². The molecule has 2 N–H and O–H groups in total. The molecule has 3 aromatic rings. The van der Waals surface area contributed by atoms with Crippen LogP contribution in [-0.2, 0) is 22.3 Å². The smallest absolute Gasteiger partial charge is 0.348 e. The summed E-state index contributed by atoms with van der Waals surface area (Å²) in [5, 5.41) is 5.44. The standard InChI is InChI=1S/C30H28F3N3O3/c31-30(32,33)25-10-6-24(7-11-25)29(39)36-18-16-23(17-19-36)22-8-12-26(13-9-22)35-28(38)15-14-27(37)34-20-21-4-2-1-3-5-21/h1-15,23H,16-20H2,(H,34,37)(H,35,38)/b15-14+. The molecule has 1 aliphatic rings. The normalized spacial score (nSPS) is 14.3. The largest absolute Gasteiger partial charge is 0.416 e. The summed E-state index contributed by atoms with van der Waals surface area (Å²) in [7, 11) is 0. The highest BCUT2D eigenvalue weighted by molar-refractivity contribution is 6.03. The number of alkyl halides is 3. The summed E-state index contributed by atoms with van der Waals surface area (Å²) in [6.07, 6.45) is -0.629. The van der Waals surface area contributed by atoms with Gasteiger partial charge in [0.25, 0.3) is 5.91 Å². The van der Waals surface area contributed by atoms with Crippen LogP contribution in [0.2, 0.25) is 0 Å². The number of nitrogens with one attached hydrogen (secondary N) is 2. The molecule has 202 valence electrons. The number of hydrogen-bond acceptors (Lipinski definition) is 3. The molecule has 1 aliphatic heterocycles. The van der Waals surface area contributed by atoms with E-state index in [4.69, 9.17) is 0 Å². The molecular weight excluding hydrogens is 507 g/mol. The third-order valence-corrected chi connectivity index (χ3v) is 6.59. The van der Waals surface area contributed by atoms with Crippen molar-refractivity contribution < 1.29 is 27.6 Å². The quantitative estimate of drug-likeness (QED) is 0.390. The van der Waals surface area contributed by atoms with Gasteiger partial charge in [-0.15, -0.1) is 0 Å². The van der Waals surface area contributed by atoms with Gasteiger partial charge in [0.05, 0.1) is 5.56 Å². The van der Waals surface area contributed by atoms with Crippen molar-refractivity contribution in [2.45, 2.75) is 31.5 Å². The molecule has 3 amide bonds. The lowest BCUT2D eigenvalue weighted by Crippen LogP contribution is -2.37. The van der Waals surface area contributed by atoms with Crippen LogP contribution in [0.5, 0.6) is 0 Å². The second kappa shape index (κ2) is 12.4. The highest BCUT2D eigenvalue weighted by Gasteiger charge is 2.31. The van der Waals surface area contributed by atoms with Gasteiger partial charge in [-0.2, -0.15) is 13.2 Å². The number of nitrogens with zero attached hydrogens (tertiary/aromatic N) is 1. The Morgan fingerprint density at radius 3 is 2.05 bits per heavy atom. The number of rotatable bonds is 7. The lowest BCUT2D eigenvalue weighted by molar-refractivity contribution is -0.137. The van der Waals surface area contributed by atoms with Crippen molar-refractivity contribution in [2.75, 3.05) is 18.4 Å². The van der Waals surface area contributed by atoms with Crippen LogP contribution in [0.15, 0.2) is 91.0 Å². The molecule has 0 saturated carbocycles. The van der Waals surface area contributed by atoms with Crippen LogP contribution in [0.25, 0.3) is 0 Å². The fourth-order valence-corrected chi connectivity index (χ4v) is 4.42. The van der Waals surface area contributed by atoms with Gasteiger partial charge in [0.2, 0.25) is 11.8 Å². The predicted octanol–water partition coefficient (Wildman–Crippen LogP) is 5.54. The van der Waals surface area contributed by atoms with Gasteiger partial charge in [0.15, 0.2) is 0 Å². The van der Waals surface area contributed by atoms with Crippen LogP contribution in [0.1, 0.15) is 45.8 Å². The van der Waals surface area contributed by atoms with Gasteiger partial charge in [-0.05, 0) is 66.3 Å². The molecule has 0 radical (unpaired) electrons. The van der Waals surface area contributed by atoms with Gasteiger partial charge in [0, 0.05) is 43.0 Å². The van der Waals surface area contributed by atoms with Crippen molar-refractivity contribution in [1.82, 2.24) is 10.2 Å². The molecule has 0 spiro atoms. The highest BCUT2D eigenvalue weighted by atomic mass is 19.4. The van der Waals surface area contributed by atoms with Crippen molar-refractivity contribution in [3.8, 4) is 0 Å². The molecule has 0 aromatic heterocycles. The number of likely N-dealkylation sites (tertiary alicyclic amines) is 1. The van der Waals surface area contributed by atoms with Crippen molar-refractivity contribution in [2.24, 2.45) is 0 Å². The van der Waals surface area contributed by atoms with Gasteiger partial charge in [-0.25, -0.2) is 0 Å². The summed E-state index contributed by atoms with van der Waals surface area (Å²) < 4.78 is 38.3. The van der Waals surface area contributed by atoms with E-state index in [0.29, 0.717) is 25.3 Å². The maximum Gasteiger partial charge on any atom is 0.416 e. The summed E-state index contributed by atoms with van der Waals surface area (Å²) in [6.45, 7) is 1.37. The van der Waals surface area contributed by atoms with E-state index in [0.717, 1.165) is 36.1 Å². The molecule has 4 rings (SSSR count). The minimum atomic E-state index is -4.44. The average molecular weight is 536 g/mol. The van der Waals surface area contributed by atoms with Crippen LogP contribution in [0, 0.1) is 0 Å². The molecule has 0 unspecified atom stereocenters. The van der Waals surface area contributed by atoms with E-state index >= 15 is 0 Å². The molecule has 0 atom stereocenters. The summed E-state index contributed by atoms with van der Waals surface area (Å²) >= 11 is 0. The first-order chi connectivity index (χ1) is 18.7. The van der Waals surface area contributed by atoms with E-state index < -0.39 is 17.6 Å². The molecule has 1 saturated heterocycles. The van der Waals surface area contributed by atoms with Gasteiger partial charge in [-0.1, -0.05) is 42.5 Å². The summed E-state index contributed by atoms with van der Waals surface area (Å²) in [5.41, 5.74) is 2.08. The van der Waals surface area contributed by atoms with Gasteiger partial charge in [-0.3, -0.25) is 14.4 Å². The van der Waals surface area contributed by atoms with Gasteiger partial charge in [0.1, 0.15) is 0 Å².